The van der Waals surface area contributed by atoms with Gasteiger partial charge in [0.15, 0.2) is 0 Å². The molecule has 2 nitrogen and oxygen atoms in total. The van der Waals surface area contributed by atoms with E-state index in [4.69, 9.17) is 9.90 Å². The Kier molecular flexibility index (Phi) is 7.09. The summed E-state index contributed by atoms with van der Waals surface area (Å²) in [6.07, 6.45) is 0. The molecule has 0 unspecified atom stereocenters. The standard InChI is InChI=1S/C2H4O2.Mn.4H/c1-2(3)4;;;;;/h1H3,(H,3,4);;;;;/q;+5;4*-1/p-1. The van der Waals surface area contributed by atoms with Crippen LogP contribution in [0.1, 0.15) is 12.6 Å². The Labute approximate surface area is 46.6 Å². The molecule has 0 aliphatic carbocycles. The van der Waals surface area contributed by atoms with E-state index in [1.807, 2.05) is 0 Å². The van der Waals surface area contributed by atoms with Gasteiger partial charge < -0.3 is 15.6 Å². The molecule has 34 valence electrons. The van der Waals surface area contributed by atoms with Crippen molar-refractivity contribution in [3.8, 4) is 0 Å². The Morgan fingerprint density at radius 1 is 2.00 bits per heavy atom. The van der Waals surface area contributed by atoms with Crippen molar-refractivity contribution in [2.45, 2.75) is 6.92 Å². The van der Waals surface area contributed by atoms with E-state index >= 15 is 0 Å². The molecule has 0 aliphatic rings. The van der Waals surface area contributed by atoms with Gasteiger partial charge in [0.2, 0.25) is 0 Å². The third kappa shape index (κ3) is 143000. The number of hydrogen-bond acceptors (Lipinski definition) is 2. The fraction of sp³-hybridized carbons (Fsp3) is 0.500. The van der Waals surface area contributed by atoms with Crippen LogP contribution in [0.2, 0.25) is 0 Å². The van der Waals surface area contributed by atoms with E-state index in [9.17, 15) is 0 Å². The minimum atomic E-state index is -1.08. The molecule has 5 heavy (non-hydrogen) atoms. The van der Waals surface area contributed by atoms with Gasteiger partial charge in [-0.3, -0.25) is 0 Å². The zero-order valence-electron chi connectivity index (χ0n) is 6.69. The minimum absolute atomic E-state index is 0. The number of rotatable bonds is 0. The van der Waals surface area contributed by atoms with Crippen LogP contribution in [0.5, 0.6) is 0 Å². The fourth-order valence-corrected chi connectivity index (χ4v) is 0. The predicted octanol–water partition coefficient (Wildman–Crippen LogP) is -0.796. The molecular formula is C2H7MnO2. The Bertz CT molecular complexity index is 39.5. The second-order valence-electron chi connectivity index (χ2n) is 0.492. The summed E-state index contributed by atoms with van der Waals surface area (Å²) >= 11 is 0. The number of carboxylic acid groups (broad SMARTS) is 1. The van der Waals surface area contributed by atoms with Gasteiger partial charge in [0.25, 0.3) is 0 Å². The maximum absolute atomic E-state index is 8.89. The fourth-order valence-electron chi connectivity index (χ4n) is 0. The molecule has 0 saturated carbocycles. The summed E-state index contributed by atoms with van der Waals surface area (Å²) in [5, 5.41) is 8.89. The van der Waals surface area contributed by atoms with Crippen molar-refractivity contribution < 1.29 is 32.7 Å². The molecule has 0 aromatic heterocycles. The van der Waals surface area contributed by atoms with Gasteiger partial charge >= 0.3 is 17.1 Å². The van der Waals surface area contributed by atoms with E-state index in [1.54, 1.807) is 0 Å². The van der Waals surface area contributed by atoms with Gasteiger partial charge in [-0.05, 0) is 6.92 Å². The average Bonchev–Trinajstić information content (AvgIpc) is 0.811. The van der Waals surface area contributed by atoms with Crippen molar-refractivity contribution >= 4 is 5.97 Å². The molecule has 0 aliphatic heterocycles. The van der Waals surface area contributed by atoms with Crippen molar-refractivity contribution in [1.29, 1.82) is 0 Å². The van der Waals surface area contributed by atoms with E-state index in [1.165, 1.54) is 0 Å². The maximum Gasteiger partial charge on any atom is 5.00 e. The Morgan fingerprint density at radius 2 is 2.00 bits per heavy atom. The number of aliphatic carboxylic acids is 1. The quantitative estimate of drug-likeness (QED) is 0.391. The van der Waals surface area contributed by atoms with Crippen LogP contribution in [0.4, 0.5) is 0 Å². The van der Waals surface area contributed by atoms with Crippen molar-refractivity contribution in [2.75, 3.05) is 0 Å². The van der Waals surface area contributed by atoms with E-state index in [0.29, 0.717) is 0 Å². The summed E-state index contributed by atoms with van der Waals surface area (Å²) in [5.41, 5.74) is 0. The second-order valence-corrected chi connectivity index (χ2v) is 0.492. The average molecular weight is 118 g/mol. The second kappa shape index (κ2) is 3.99. The zero-order valence-corrected chi connectivity index (χ0v) is 3.87. The molecule has 0 radical (unpaired) electrons. The van der Waals surface area contributed by atoms with Gasteiger partial charge in [0, 0.05) is 5.97 Å². The Balaban J connectivity index is -0.00000000450. The summed E-state index contributed by atoms with van der Waals surface area (Å²) in [5.74, 6) is -1.08. The first-order chi connectivity index (χ1) is 1.73. The van der Waals surface area contributed by atoms with Crippen molar-refractivity contribution in [1.82, 2.24) is 0 Å². The Morgan fingerprint density at radius 3 is 2.00 bits per heavy atom. The van der Waals surface area contributed by atoms with Crippen LogP contribution >= 0.6 is 0 Å². The number of carboxylic acids is 1. The summed E-state index contributed by atoms with van der Waals surface area (Å²) in [6, 6.07) is 0. The minimum Gasteiger partial charge on any atom is -1.00 e. The molecule has 0 amide bonds. The van der Waals surface area contributed by atoms with Crippen LogP contribution in [0, 0.1) is 0 Å². The van der Waals surface area contributed by atoms with E-state index < -0.39 is 5.97 Å². The first-order valence-electron chi connectivity index (χ1n) is 0.908. The molecule has 0 rings (SSSR count). The molecule has 0 heterocycles. The molecule has 0 saturated heterocycles. The molecule has 0 aromatic rings. The van der Waals surface area contributed by atoms with Crippen LogP contribution in [-0.4, -0.2) is 5.97 Å². The smallest absolute Gasteiger partial charge is 1.00 e. The topological polar surface area (TPSA) is 40.1 Å². The molecule has 0 bridgehead atoms. The number of hydrogen-bond donors (Lipinski definition) is 0. The molecule has 0 aromatic carbocycles. The molecule has 0 spiro atoms. The van der Waals surface area contributed by atoms with Crippen LogP contribution < -0.4 is 5.11 Å². The first kappa shape index (κ1) is 8.89. The van der Waals surface area contributed by atoms with Gasteiger partial charge in [-0.2, -0.15) is 0 Å². The summed E-state index contributed by atoms with van der Waals surface area (Å²) in [6.45, 7) is 0.972. The molecule has 0 N–H and O–H groups in total. The largest absolute Gasteiger partial charge is 5.00 e. The zero-order chi connectivity index (χ0) is 3.58. The van der Waals surface area contributed by atoms with Gasteiger partial charge in [-0.15, -0.1) is 0 Å². The molecular weight excluding hydrogens is 111 g/mol. The van der Waals surface area contributed by atoms with Gasteiger partial charge in [-0.25, -0.2) is 0 Å². The Hall–Kier alpha value is -0.0105. The molecule has 3 heteroatoms. The van der Waals surface area contributed by atoms with Crippen LogP contribution in [-0.2, 0) is 21.9 Å². The van der Waals surface area contributed by atoms with E-state index in [0.717, 1.165) is 6.92 Å². The summed E-state index contributed by atoms with van der Waals surface area (Å²) in [4.78, 5) is 8.89. The van der Waals surface area contributed by atoms with Crippen molar-refractivity contribution in [3.63, 3.8) is 0 Å². The summed E-state index contributed by atoms with van der Waals surface area (Å²) in [7, 11) is 0. The van der Waals surface area contributed by atoms with Crippen LogP contribution in [0.25, 0.3) is 0 Å². The summed E-state index contributed by atoms with van der Waals surface area (Å²) < 4.78 is 0. The monoisotopic (exact) mass is 118 g/mol. The van der Waals surface area contributed by atoms with Gasteiger partial charge in [0.05, 0.1) is 0 Å². The van der Waals surface area contributed by atoms with Crippen LogP contribution in [0.15, 0.2) is 0 Å². The van der Waals surface area contributed by atoms with Gasteiger partial charge in [-0.1, -0.05) is 0 Å². The normalized spacial score (nSPS) is 5.00. The molecule has 0 fully saturated rings. The number of carbonyl (C=O) groups excluding carboxylic acids is 1. The SMILES string of the molecule is CC(=O)[O-].[H-].[H-].[H-].[H-].[Mn+5]. The van der Waals surface area contributed by atoms with Gasteiger partial charge in [0.1, 0.15) is 0 Å². The maximum atomic E-state index is 8.89. The van der Waals surface area contributed by atoms with Crippen molar-refractivity contribution in [3.05, 3.63) is 0 Å². The van der Waals surface area contributed by atoms with E-state index in [2.05, 4.69) is 0 Å². The first-order valence-corrected chi connectivity index (χ1v) is 0.908. The van der Waals surface area contributed by atoms with Crippen LogP contribution in [0.3, 0.4) is 0 Å². The van der Waals surface area contributed by atoms with Crippen molar-refractivity contribution in [2.24, 2.45) is 0 Å². The third-order valence-electron chi connectivity index (χ3n) is 0. The van der Waals surface area contributed by atoms with E-state index in [-0.39, 0.29) is 22.8 Å². The number of carbonyl (C=O) groups is 1. The third-order valence-corrected chi connectivity index (χ3v) is 0. The predicted molar refractivity (Wildman–Crippen MR) is 15.1 cm³/mol. The molecule has 0 atom stereocenters.